The van der Waals surface area contributed by atoms with E-state index in [0.29, 0.717) is 16.6 Å². The van der Waals surface area contributed by atoms with Crippen LogP contribution in [-0.4, -0.2) is 56.1 Å². The zero-order chi connectivity index (χ0) is 18.7. The van der Waals surface area contributed by atoms with Gasteiger partial charge in [0, 0.05) is 36.0 Å². The standard InChI is InChI=1S/C17H22BrNO6/c1-3-25-16(21)5-4-14(15(20)11-24-7-6-23-2)17(22)12-8-13(18)10-19-9-12/h8-10,14H,3-7,11H2,1-2H3. The minimum Gasteiger partial charge on any atom is -0.466 e. The number of methoxy groups -OCH3 is 1. The van der Waals surface area contributed by atoms with E-state index < -0.39 is 17.7 Å². The summed E-state index contributed by atoms with van der Waals surface area (Å²) in [6, 6.07) is 1.59. The average molecular weight is 416 g/mol. The second kappa shape index (κ2) is 11.8. The lowest BCUT2D eigenvalue weighted by atomic mass is 9.90. The number of esters is 1. The molecule has 138 valence electrons. The molecule has 0 aliphatic heterocycles. The Kier molecular flexibility index (Phi) is 10.1. The molecule has 0 fully saturated rings. The molecule has 1 atom stereocenters. The van der Waals surface area contributed by atoms with Gasteiger partial charge in [0.1, 0.15) is 6.61 Å². The van der Waals surface area contributed by atoms with Gasteiger partial charge < -0.3 is 14.2 Å². The first-order chi connectivity index (χ1) is 12.0. The van der Waals surface area contributed by atoms with Gasteiger partial charge in [0.15, 0.2) is 11.6 Å². The van der Waals surface area contributed by atoms with Crippen molar-refractivity contribution in [1.82, 2.24) is 4.98 Å². The van der Waals surface area contributed by atoms with E-state index in [1.807, 2.05) is 0 Å². The van der Waals surface area contributed by atoms with Crippen LogP contribution in [0.4, 0.5) is 0 Å². The molecule has 0 radical (unpaired) electrons. The van der Waals surface area contributed by atoms with Crippen LogP contribution < -0.4 is 0 Å². The number of aromatic nitrogens is 1. The Bertz CT molecular complexity index is 592. The van der Waals surface area contributed by atoms with Gasteiger partial charge in [-0.15, -0.1) is 0 Å². The lowest BCUT2D eigenvalue weighted by Gasteiger charge is -2.15. The minimum absolute atomic E-state index is 0.0184. The Balaban J connectivity index is 2.80. The van der Waals surface area contributed by atoms with Crippen LogP contribution in [0.3, 0.4) is 0 Å². The average Bonchev–Trinajstić information content (AvgIpc) is 2.59. The van der Waals surface area contributed by atoms with Gasteiger partial charge in [-0.3, -0.25) is 19.4 Å². The van der Waals surface area contributed by atoms with Crippen molar-refractivity contribution < 1.29 is 28.6 Å². The van der Waals surface area contributed by atoms with Gasteiger partial charge in [-0.05, 0) is 35.3 Å². The molecule has 1 rings (SSSR count). The van der Waals surface area contributed by atoms with Crippen molar-refractivity contribution in [2.24, 2.45) is 5.92 Å². The molecule has 0 saturated carbocycles. The number of Topliss-reactive ketones (excluding diaryl/α,β-unsaturated/α-hetero) is 2. The molecule has 1 heterocycles. The first-order valence-electron chi connectivity index (χ1n) is 7.89. The Morgan fingerprint density at radius 2 is 2.00 bits per heavy atom. The van der Waals surface area contributed by atoms with Crippen LogP contribution in [0, 0.1) is 5.92 Å². The van der Waals surface area contributed by atoms with Crippen molar-refractivity contribution in [2.75, 3.05) is 33.5 Å². The number of halogens is 1. The summed E-state index contributed by atoms with van der Waals surface area (Å²) in [6.45, 7) is 2.33. The highest BCUT2D eigenvalue weighted by Crippen LogP contribution is 2.19. The number of hydrogen-bond donors (Lipinski definition) is 0. The number of carbonyl (C=O) groups excluding carboxylic acids is 3. The fourth-order valence-electron chi connectivity index (χ4n) is 2.10. The number of rotatable bonds is 12. The molecule has 0 aliphatic rings. The minimum atomic E-state index is -0.983. The molecule has 0 aliphatic carbocycles. The van der Waals surface area contributed by atoms with E-state index in [-0.39, 0.29) is 38.4 Å². The molecular formula is C17H22BrNO6. The fraction of sp³-hybridized carbons (Fsp3) is 0.529. The third kappa shape index (κ3) is 7.85. The molecule has 0 spiro atoms. The number of hydrogen-bond acceptors (Lipinski definition) is 7. The van der Waals surface area contributed by atoms with Gasteiger partial charge in [0.2, 0.25) is 0 Å². The van der Waals surface area contributed by atoms with E-state index in [0.717, 1.165) is 0 Å². The summed E-state index contributed by atoms with van der Waals surface area (Å²) in [5.41, 5.74) is 0.300. The van der Waals surface area contributed by atoms with Crippen molar-refractivity contribution in [1.29, 1.82) is 0 Å². The van der Waals surface area contributed by atoms with Gasteiger partial charge in [-0.1, -0.05) is 0 Å². The van der Waals surface area contributed by atoms with Crippen LogP contribution in [0.25, 0.3) is 0 Å². The summed E-state index contributed by atoms with van der Waals surface area (Å²) >= 11 is 3.25. The number of ether oxygens (including phenoxy) is 3. The lowest BCUT2D eigenvalue weighted by molar-refractivity contribution is -0.143. The number of ketones is 2. The second-order valence-corrected chi connectivity index (χ2v) is 6.08. The SMILES string of the molecule is CCOC(=O)CCC(C(=O)COCCOC)C(=O)c1cncc(Br)c1. The van der Waals surface area contributed by atoms with E-state index >= 15 is 0 Å². The lowest BCUT2D eigenvalue weighted by Crippen LogP contribution is -2.29. The summed E-state index contributed by atoms with van der Waals surface area (Å²) in [5, 5.41) is 0. The van der Waals surface area contributed by atoms with Crippen molar-refractivity contribution in [3.8, 4) is 0 Å². The maximum atomic E-state index is 12.7. The van der Waals surface area contributed by atoms with Crippen molar-refractivity contribution in [3.05, 3.63) is 28.5 Å². The Morgan fingerprint density at radius 1 is 1.24 bits per heavy atom. The van der Waals surface area contributed by atoms with Crippen LogP contribution in [0.5, 0.6) is 0 Å². The van der Waals surface area contributed by atoms with E-state index in [1.54, 1.807) is 19.2 Å². The van der Waals surface area contributed by atoms with Crippen molar-refractivity contribution in [3.63, 3.8) is 0 Å². The molecule has 1 unspecified atom stereocenters. The van der Waals surface area contributed by atoms with E-state index in [1.165, 1.54) is 13.3 Å². The first kappa shape index (κ1) is 21.4. The molecule has 7 nitrogen and oxygen atoms in total. The second-order valence-electron chi connectivity index (χ2n) is 5.16. The summed E-state index contributed by atoms with van der Waals surface area (Å²) < 4.78 is 15.5. The number of carbonyl (C=O) groups is 3. The predicted octanol–water partition coefficient (Wildman–Crippen LogP) is 2.22. The number of pyridine rings is 1. The highest BCUT2D eigenvalue weighted by Gasteiger charge is 2.28. The quantitative estimate of drug-likeness (QED) is 0.223. The van der Waals surface area contributed by atoms with E-state index in [9.17, 15) is 14.4 Å². The molecule has 0 N–H and O–H groups in total. The molecule has 8 heteroatoms. The zero-order valence-electron chi connectivity index (χ0n) is 14.3. The summed E-state index contributed by atoms with van der Waals surface area (Å²) in [7, 11) is 1.52. The summed E-state index contributed by atoms with van der Waals surface area (Å²) in [6.07, 6.45) is 2.98. The topological polar surface area (TPSA) is 91.8 Å². The summed E-state index contributed by atoms with van der Waals surface area (Å²) in [5.74, 6) is -2.20. The molecular weight excluding hydrogens is 394 g/mol. The van der Waals surface area contributed by atoms with Gasteiger partial charge in [-0.25, -0.2) is 0 Å². The van der Waals surface area contributed by atoms with Crippen LogP contribution in [0.15, 0.2) is 22.9 Å². The smallest absolute Gasteiger partial charge is 0.305 e. The Hall–Kier alpha value is -1.64. The largest absolute Gasteiger partial charge is 0.466 e. The van der Waals surface area contributed by atoms with Gasteiger partial charge in [0.05, 0.1) is 25.7 Å². The van der Waals surface area contributed by atoms with E-state index in [2.05, 4.69) is 20.9 Å². The zero-order valence-corrected chi connectivity index (χ0v) is 15.9. The first-order valence-corrected chi connectivity index (χ1v) is 8.68. The van der Waals surface area contributed by atoms with Crippen molar-refractivity contribution >= 4 is 33.5 Å². The summed E-state index contributed by atoms with van der Waals surface area (Å²) in [4.78, 5) is 40.6. The highest BCUT2D eigenvalue weighted by molar-refractivity contribution is 9.10. The monoisotopic (exact) mass is 415 g/mol. The van der Waals surface area contributed by atoms with Gasteiger partial charge in [0.25, 0.3) is 0 Å². The maximum Gasteiger partial charge on any atom is 0.305 e. The third-order valence-electron chi connectivity index (χ3n) is 3.31. The Labute approximate surface area is 155 Å². The highest BCUT2D eigenvalue weighted by atomic mass is 79.9. The van der Waals surface area contributed by atoms with Crippen LogP contribution >= 0.6 is 15.9 Å². The van der Waals surface area contributed by atoms with Crippen LogP contribution in [-0.2, 0) is 23.8 Å². The fourth-order valence-corrected chi connectivity index (χ4v) is 2.46. The molecule has 1 aromatic rings. The predicted molar refractivity (Wildman–Crippen MR) is 93.3 cm³/mol. The van der Waals surface area contributed by atoms with Gasteiger partial charge >= 0.3 is 5.97 Å². The maximum absolute atomic E-state index is 12.7. The molecule has 0 aromatic carbocycles. The third-order valence-corrected chi connectivity index (χ3v) is 3.75. The van der Waals surface area contributed by atoms with Crippen LogP contribution in [0.2, 0.25) is 0 Å². The molecule has 25 heavy (non-hydrogen) atoms. The number of nitrogens with zero attached hydrogens (tertiary/aromatic N) is 1. The Morgan fingerprint density at radius 3 is 2.64 bits per heavy atom. The molecule has 1 aromatic heterocycles. The normalized spacial score (nSPS) is 11.8. The van der Waals surface area contributed by atoms with Crippen LogP contribution in [0.1, 0.15) is 30.1 Å². The molecule has 0 amide bonds. The molecule has 0 saturated heterocycles. The van der Waals surface area contributed by atoms with E-state index in [4.69, 9.17) is 14.2 Å². The van der Waals surface area contributed by atoms with Crippen molar-refractivity contribution in [2.45, 2.75) is 19.8 Å². The molecule has 0 bridgehead atoms. The van der Waals surface area contributed by atoms with Gasteiger partial charge in [-0.2, -0.15) is 0 Å².